The van der Waals surface area contributed by atoms with Crippen LogP contribution in [0.3, 0.4) is 0 Å². The van der Waals surface area contributed by atoms with Crippen LogP contribution in [-0.4, -0.2) is 21.5 Å². The van der Waals surface area contributed by atoms with Gasteiger partial charge in [0.15, 0.2) is 0 Å². The first kappa shape index (κ1) is 12.1. The molecule has 0 atom stereocenters. The van der Waals surface area contributed by atoms with Gasteiger partial charge >= 0.3 is 0 Å². The van der Waals surface area contributed by atoms with Crippen molar-refractivity contribution in [3.05, 3.63) is 47.7 Å². The van der Waals surface area contributed by atoms with E-state index in [0.29, 0.717) is 0 Å². The number of aromatic nitrogens is 3. The first-order chi connectivity index (χ1) is 9.43. The molecule has 1 N–H and O–H groups in total. The summed E-state index contributed by atoms with van der Waals surface area (Å²) in [6, 6.07) is 6.02. The van der Waals surface area contributed by atoms with Crippen molar-refractivity contribution in [2.75, 3.05) is 11.9 Å². The summed E-state index contributed by atoms with van der Waals surface area (Å²) in [4.78, 5) is 13.1. The number of nitrogens with one attached hydrogen (secondary N) is 1. The second-order valence-corrected chi connectivity index (χ2v) is 4.85. The molecule has 0 radical (unpaired) electrons. The largest absolute Gasteiger partial charge is 0.369 e. The van der Waals surface area contributed by atoms with Crippen molar-refractivity contribution in [3.63, 3.8) is 0 Å². The van der Waals surface area contributed by atoms with Crippen LogP contribution >= 0.6 is 0 Å². The van der Waals surface area contributed by atoms with Crippen molar-refractivity contribution >= 4 is 5.82 Å². The quantitative estimate of drug-likeness (QED) is 0.910. The van der Waals surface area contributed by atoms with Crippen LogP contribution in [0.1, 0.15) is 29.8 Å². The van der Waals surface area contributed by atoms with Crippen LogP contribution in [0.2, 0.25) is 0 Å². The molecule has 0 amide bonds. The van der Waals surface area contributed by atoms with Gasteiger partial charge in [-0.15, -0.1) is 0 Å². The standard InChI is InChI=1S/C15H18N4/c1-2-7-14-13(6-1)15(19-11-18-14)17-10-8-12-5-3-4-9-16-12/h3-5,9,11H,1-2,6-8,10H2,(H,17,18,19). The van der Waals surface area contributed by atoms with E-state index in [4.69, 9.17) is 0 Å². The maximum atomic E-state index is 4.38. The van der Waals surface area contributed by atoms with Crippen molar-refractivity contribution < 1.29 is 0 Å². The monoisotopic (exact) mass is 254 g/mol. The van der Waals surface area contributed by atoms with Crippen molar-refractivity contribution in [2.24, 2.45) is 0 Å². The Morgan fingerprint density at radius 3 is 2.89 bits per heavy atom. The molecule has 1 aliphatic rings. The molecule has 3 rings (SSSR count). The zero-order chi connectivity index (χ0) is 12.9. The molecule has 2 heterocycles. The van der Waals surface area contributed by atoms with E-state index in [-0.39, 0.29) is 0 Å². The Kier molecular flexibility index (Phi) is 3.68. The second kappa shape index (κ2) is 5.78. The molecule has 4 heteroatoms. The van der Waals surface area contributed by atoms with Gasteiger partial charge in [0.25, 0.3) is 0 Å². The number of aryl methyl sites for hydroxylation is 1. The Morgan fingerprint density at radius 1 is 1.05 bits per heavy atom. The summed E-state index contributed by atoms with van der Waals surface area (Å²) in [5.41, 5.74) is 3.65. The van der Waals surface area contributed by atoms with Gasteiger partial charge in [0, 0.05) is 36.1 Å². The molecule has 98 valence electrons. The molecular formula is C15H18N4. The topological polar surface area (TPSA) is 50.7 Å². The zero-order valence-corrected chi connectivity index (χ0v) is 11.0. The maximum Gasteiger partial charge on any atom is 0.132 e. The van der Waals surface area contributed by atoms with Crippen LogP contribution in [0.15, 0.2) is 30.7 Å². The minimum atomic E-state index is 0.862. The molecule has 2 aromatic heterocycles. The van der Waals surface area contributed by atoms with Gasteiger partial charge in [0.2, 0.25) is 0 Å². The van der Waals surface area contributed by atoms with E-state index in [1.165, 1.54) is 24.1 Å². The summed E-state index contributed by atoms with van der Waals surface area (Å²) >= 11 is 0. The van der Waals surface area contributed by atoms with Crippen LogP contribution in [0.5, 0.6) is 0 Å². The van der Waals surface area contributed by atoms with Crippen molar-refractivity contribution in [3.8, 4) is 0 Å². The molecule has 4 nitrogen and oxygen atoms in total. The van der Waals surface area contributed by atoms with Gasteiger partial charge in [-0.25, -0.2) is 9.97 Å². The molecule has 19 heavy (non-hydrogen) atoms. The molecule has 2 aromatic rings. The Balaban J connectivity index is 1.64. The lowest BCUT2D eigenvalue weighted by molar-refractivity contribution is 0.663. The van der Waals surface area contributed by atoms with Gasteiger partial charge in [-0.2, -0.15) is 0 Å². The number of nitrogens with zero attached hydrogens (tertiary/aromatic N) is 3. The summed E-state index contributed by atoms with van der Waals surface area (Å²) in [5.74, 6) is 1.01. The van der Waals surface area contributed by atoms with Gasteiger partial charge in [0.1, 0.15) is 12.1 Å². The summed E-state index contributed by atoms with van der Waals surface area (Å²) in [5, 5.41) is 3.43. The molecule has 1 aliphatic carbocycles. The van der Waals surface area contributed by atoms with Crippen LogP contribution in [0.4, 0.5) is 5.82 Å². The molecule has 0 spiro atoms. The third-order valence-corrected chi connectivity index (χ3v) is 3.52. The van der Waals surface area contributed by atoms with Crippen LogP contribution in [-0.2, 0) is 19.3 Å². The fourth-order valence-electron chi connectivity index (χ4n) is 2.53. The average molecular weight is 254 g/mol. The highest BCUT2D eigenvalue weighted by atomic mass is 15.0. The summed E-state index contributed by atoms with van der Waals surface area (Å²) in [7, 11) is 0. The van der Waals surface area contributed by atoms with E-state index >= 15 is 0 Å². The number of hydrogen-bond acceptors (Lipinski definition) is 4. The zero-order valence-electron chi connectivity index (χ0n) is 11.0. The maximum absolute atomic E-state index is 4.38. The van der Waals surface area contributed by atoms with E-state index in [1.54, 1.807) is 6.33 Å². The number of anilines is 1. The molecule has 0 saturated heterocycles. The van der Waals surface area contributed by atoms with Gasteiger partial charge in [0.05, 0.1) is 0 Å². The lowest BCUT2D eigenvalue weighted by atomic mass is 9.96. The van der Waals surface area contributed by atoms with Gasteiger partial charge in [-0.1, -0.05) is 6.07 Å². The minimum Gasteiger partial charge on any atom is -0.369 e. The number of fused-ring (bicyclic) bond motifs is 1. The minimum absolute atomic E-state index is 0.862. The van der Waals surface area contributed by atoms with E-state index < -0.39 is 0 Å². The highest BCUT2D eigenvalue weighted by Gasteiger charge is 2.14. The molecule has 0 bridgehead atoms. The van der Waals surface area contributed by atoms with Gasteiger partial charge in [-0.3, -0.25) is 4.98 Å². The van der Waals surface area contributed by atoms with Crippen LogP contribution < -0.4 is 5.32 Å². The molecule has 0 aliphatic heterocycles. The normalized spacial score (nSPS) is 13.9. The van der Waals surface area contributed by atoms with Crippen LogP contribution in [0, 0.1) is 0 Å². The van der Waals surface area contributed by atoms with Gasteiger partial charge < -0.3 is 5.32 Å². The van der Waals surface area contributed by atoms with Crippen molar-refractivity contribution in [1.29, 1.82) is 0 Å². The number of rotatable bonds is 4. The Hall–Kier alpha value is -1.97. The smallest absolute Gasteiger partial charge is 0.132 e. The Morgan fingerprint density at radius 2 is 2.00 bits per heavy atom. The van der Waals surface area contributed by atoms with E-state index in [9.17, 15) is 0 Å². The van der Waals surface area contributed by atoms with Crippen LogP contribution in [0.25, 0.3) is 0 Å². The first-order valence-corrected chi connectivity index (χ1v) is 6.90. The SMILES string of the molecule is c1ccc(CCNc2ncnc3c2CCCC3)nc1. The third-order valence-electron chi connectivity index (χ3n) is 3.52. The number of hydrogen-bond donors (Lipinski definition) is 1. The van der Waals surface area contributed by atoms with E-state index in [2.05, 4.69) is 26.3 Å². The molecule has 0 saturated carbocycles. The molecule has 0 fully saturated rings. The first-order valence-electron chi connectivity index (χ1n) is 6.90. The molecular weight excluding hydrogens is 236 g/mol. The second-order valence-electron chi connectivity index (χ2n) is 4.85. The van der Waals surface area contributed by atoms with Crippen molar-refractivity contribution in [1.82, 2.24) is 15.0 Å². The highest BCUT2D eigenvalue weighted by Crippen LogP contribution is 2.24. The predicted octanol–water partition coefficient (Wildman–Crippen LogP) is 2.41. The third kappa shape index (κ3) is 2.89. The summed E-state index contributed by atoms with van der Waals surface area (Å²) in [6.07, 6.45) is 9.11. The van der Waals surface area contributed by atoms with E-state index in [0.717, 1.165) is 37.3 Å². The Bertz CT molecular complexity index is 539. The van der Waals surface area contributed by atoms with Gasteiger partial charge in [-0.05, 0) is 37.8 Å². The summed E-state index contributed by atoms with van der Waals surface area (Å²) in [6.45, 7) is 0.862. The lowest BCUT2D eigenvalue weighted by Crippen LogP contribution is -2.14. The Labute approximate surface area is 113 Å². The lowest BCUT2D eigenvalue weighted by Gasteiger charge is -2.17. The molecule has 0 unspecified atom stereocenters. The van der Waals surface area contributed by atoms with Crippen molar-refractivity contribution in [2.45, 2.75) is 32.1 Å². The predicted molar refractivity (Wildman–Crippen MR) is 75.1 cm³/mol. The highest BCUT2D eigenvalue weighted by molar-refractivity contribution is 5.46. The fraction of sp³-hybridized carbons (Fsp3) is 0.400. The molecule has 0 aromatic carbocycles. The summed E-state index contributed by atoms with van der Waals surface area (Å²) < 4.78 is 0. The average Bonchev–Trinajstić information content (AvgIpc) is 2.49. The number of pyridine rings is 1. The van der Waals surface area contributed by atoms with E-state index in [1.807, 2.05) is 18.3 Å². The fourth-order valence-corrected chi connectivity index (χ4v) is 2.53.